The summed E-state index contributed by atoms with van der Waals surface area (Å²) in [7, 11) is 4.08. The van der Waals surface area contributed by atoms with E-state index in [0.717, 1.165) is 25.8 Å². The normalized spacial score (nSPS) is 13.0. The van der Waals surface area contributed by atoms with Crippen LogP contribution in [0.5, 0.6) is 0 Å². The van der Waals surface area contributed by atoms with Gasteiger partial charge in [-0.05, 0) is 59.2 Å². The van der Waals surface area contributed by atoms with Gasteiger partial charge >= 0.3 is 0 Å². The Morgan fingerprint density at radius 2 is 1.36 bits per heavy atom. The molecule has 2 N–H and O–H groups in total. The van der Waals surface area contributed by atoms with E-state index < -0.39 is 0 Å². The van der Waals surface area contributed by atoms with Crippen molar-refractivity contribution in [3.63, 3.8) is 0 Å². The standard InChI is InChI=1S/C22H44N2O/c1-4-5-6-7-8-9-10-11-12-13-14-15-16-17-18-21(22(23)25)19-20-24(2)3/h11-12,21H,4-10,13-20H2,1-3H3,(H2,23,25)/b12-11-. The van der Waals surface area contributed by atoms with Crippen LogP contribution in [0.25, 0.3) is 0 Å². The summed E-state index contributed by atoms with van der Waals surface area (Å²) in [4.78, 5) is 13.6. The van der Waals surface area contributed by atoms with Crippen LogP contribution in [0.3, 0.4) is 0 Å². The Bertz CT molecular complexity index is 326. The molecule has 1 amide bonds. The number of nitrogens with zero attached hydrogens (tertiary/aromatic N) is 1. The summed E-state index contributed by atoms with van der Waals surface area (Å²) in [5.41, 5.74) is 5.51. The first-order chi connectivity index (χ1) is 12.1. The van der Waals surface area contributed by atoms with Gasteiger partial charge in [0.05, 0.1) is 0 Å². The van der Waals surface area contributed by atoms with E-state index in [-0.39, 0.29) is 11.8 Å². The molecule has 0 aromatic carbocycles. The lowest BCUT2D eigenvalue weighted by molar-refractivity contribution is -0.122. The van der Waals surface area contributed by atoms with Crippen molar-refractivity contribution in [1.29, 1.82) is 0 Å². The number of unbranched alkanes of at least 4 members (excludes halogenated alkanes) is 10. The maximum Gasteiger partial charge on any atom is 0.220 e. The van der Waals surface area contributed by atoms with Crippen molar-refractivity contribution >= 4 is 5.91 Å². The average Bonchev–Trinajstić information content (AvgIpc) is 2.57. The fraction of sp³-hybridized carbons (Fsp3) is 0.864. The van der Waals surface area contributed by atoms with E-state index in [9.17, 15) is 4.79 Å². The van der Waals surface area contributed by atoms with Crippen LogP contribution >= 0.6 is 0 Å². The van der Waals surface area contributed by atoms with Crippen LogP contribution in [0, 0.1) is 5.92 Å². The summed E-state index contributed by atoms with van der Waals surface area (Å²) in [6, 6.07) is 0. The summed E-state index contributed by atoms with van der Waals surface area (Å²) >= 11 is 0. The molecule has 0 fully saturated rings. The predicted octanol–water partition coefficient (Wildman–Crippen LogP) is 5.69. The minimum absolute atomic E-state index is 0.0552. The third kappa shape index (κ3) is 17.8. The molecule has 1 atom stereocenters. The van der Waals surface area contributed by atoms with Crippen LogP contribution in [0.15, 0.2) is 12.2 Å². The first-order valence-electron chi connectivity index (χ1n) is 10.7. The molecule has 0 aromatic heterocycles. The predicted molar refractivity (Wildman–Crippen MR) is 111 cm³/mol. The molecule has 0 spiro atoms. The van der Waals surface area contributed by atoms with Gasteiger partial charge in [-0.25, -0.2) is 0 Å². The van der Waals surface area contributed by atoms with Crippen molar-refractivity contribution in [3.05, 3.63) is 12.2 Å². The van der Waals surface area contributed by atoms with E-state index in [1.54, 1.807) is 0 Å². The molecule has 148 valence electrons. The summed E-state index contributed by atoms with van der Waals surface area (Å²) in [5.74, 6) is -0.0703. The Kier molecular flexibility index (Phi) is 17.4. The van der Waals surface area contributed by atoms with Gasteiger partial charge in [0.15, 0.2) is 0 Å². The molecule has 0 bridgehead atoms. The topological polar surface area (TPSA) is 46.3 Å². The molecule has 0 heterocycles. The highest BCUT2D eigenvalue weighted by Crippen LogP contribution is 2.15. The van der Waals surface area contributed by atoms with Gasteiger partial charge in [0.1, 0.15) is 0 Å². The maximum atomic E-state index is 11.5. The molecule has 0 rings (SSSR count). The van der Waals surface area contributed by atoms with Gasteiger partial charge in [0, 0.05) is 5.92 Å². The highest BCUT2D eigenvalue weighted by Gasteiger charge is 2.14. The van der Waals surface area contributed by atoms with Gasteiger partial charge in [-0.1, -0.05) is 70.4 Å². The van der Waals surface area contributed by atoms with E-state index in [1.165, 1.54) is 70.6 Å². The molecule has 0 aliphatic carbocycles. The molecule has 0 saturated heterocycles. The SMILES string of the molecule is CCCCCCCC/C=C\CCCCCCC(CCN(C)C)C(N)=O. The molecular weight excluding hydrogens is 308 g/mol. The Labute approximate surface area is 157 Å². The van der Waals surface area contributed by atoms with Crippen molar-refractivity contribution in [2.45, 2.75) is 96.8 Å². The zero-order chi connectivity index (χ0) is 18.8. The molecule has 0 saturated carbocycles. The van der Waals surface area contributed by atoms with Crippen LogP contribution in [0.1, 0.15) is 96.8 Å². The van der Waals surface area contributed by atoms with Gasteiger partial charge in [0.2, 0.25) is 5.91 Å². The number of allylic oxidation sites excluding steroid dienone is 2. The second kappa shape index (κ2) is 18.0. The number of nitrogens with two attached hydrogens (primary N) is 1. The zero-order valence-corrected chi connectivity index (χ0v) is 17.3. The average molecular weight is 353 g/mol. The molecule has 3 heteroatoms. The van der Waals surface area contributed by atoms with Gasteiger partial charge in [-0.2, -0.15) is 0 Å². The van der Waals surface area contributed by atoms with Crippen molar-refractivity contribution in [2.75, 3.05) is 20.6 Å². The Balaban J connectivity index is 3.44. The second-order valence-corrected chi connectivity index (χ2v) is 7.71. The quantitative estimate of drug-likeness (QED) is 0.254. The van der Waals surface area contributed by atoms with Crippen molar-refractivity contribution in [2.24, 2.45) is 11.7 Å². The van der Waals surface area contributed by atoms with Crippen molar-refractivity contribution in [1.82, 2.24) is 4.90 Å². The van der Waals surface area contributed by atoms with E-state index in [4.69, 9.17) is 5.73 Å². The van der Waals surface area contributed by atoms with Crippen LogP contribution in [-0.2, 0) is 4.79 Å². The summed E-state index contributed by atoms with van der Waals surface area (Å²) < 4.78 is 0. The molecule has 3 nitrogen and oxygen atoms in total. The van der Waals surface area contributed by atoms with Crippen LogP contribution in [0.2, 0.25) is 0 Å². The lowest BCUT2D eigenvalue weighted by atomic mass is 9.96. The highest BCUT2D eigenvalue weighted by atomic mass is 16.1. The third-order valence-corrected chi connectivity index (χ3v) is 4.89. The van der Waals surface area contributed by atoms with Crippen LogP contribution in [-0.4, -0.2) is 31.4 Å². The fourth-order valence-electron chi connectivity index (χ4n) is 3.13. The largest absolute Gasteiger partial charge is 0.369 e. The lowest BCUT2D eigenvalue weighted by Crippen LogP contribution is -2.27. The van der Waals surface area contributed by atoms with Crippen LogP contribution < -0.4 is 5.73 Å². The summed E-state index contributed by atoms with van der Waals surface area (Å²) in [6.07, 6.45) is 22.2. The first kappa shape index (κ1) is 24.2. The second-order valence-electron chi connectivity index (χ2n) is 7.71. The Morgan fingerprint density at radius 1 is 0.840 bits per heavy atom. The molecule has 0 aromatic rings. The molecule has 1 unspecified atom stereocenters. The molecule has 0 aliphatic heterocycles. The number of hydrogen-bond donors (Lipinski definition) is 1. The number of primary amides is 1. The van der Waals surface area contributed by atoms with E-state index in [0.29, 0.717) is 0 Å². The fourth-order valence-corrected chi connectivity index (χ4v) is 3.13. The van der Waals surface area contributed by atoms with E-state index in [2.05, 4.69) is 24.0 Å². The monoisotopic (exact) mass is 352 g/mol. The smallest absolute Gasteiger partial charge is 0.220 e. The van der Waals surface area contributed by atoms with Gasteiger partial charge in [-0.3, -0.25) is 4.79 Å². The summed E-state index contributed by atoms with van der Waals surface area (Å²) in [6.45, 7) is 3.21. The van der Waals surface area contributed by atoms with E-state index in [1.807, 2.05) is 14.1 Å². The lowest BCUT2D eigenvalue weighted by Gasteiger charge is -2.16. The molecule has 0 radical (unpaired) electrons. The van der Waals surface area contributed by atoms with Crippen molar-refractivity contribution in [3.8, 4) is 0 Å². The number of rotatable bonds is 18. The number of carbonyl (C=O) groups is 1. The molecule has 25 heavy (non-hydrogen) atoms. The number of amides is 1. The summed E-state index contributed by atoms with van der Waals surface area (Å²) in [5, 5.41) is 0. The van der Waals surface area contributed by atoms with E-state index >= 15 is 0 Å². The highest BCUT2D eigenvalue weighted by molar-refractivity contribution is 5.76. The van der Waals surface area contributed by atoms with Gasteiger partial charge in [-0.15, -0.1) is 0 Å². The minimum atomic E-state index is -0.125. The maximum absolute atomic E-state index is 11.5. The molecular formula is C22H44N2O. The zero-order valence-electron chi connectivity index (χ0n) is 17.3. The van der Waals surface area contributed by atoms with Gasteiger partial charge < -0.3 is 10.6 Å². The Hall–Kier alpha value is -0.830. The Morgan fingerprint density at radius 3 is 1.88 bits per heavy atom. The first-order valence-corrected chi connectivity index (χ1v) is 10.7. The number of hydrogen-bond acceptors (Lipinski definition) is 2. The van der Waals surface area contributed by atoms with Gasteiger partial charge in [0.25, 0.3) is 0 Å². The molecule has 0 aliphatic rings. The van der Waals surface area contributed by atoms with Crippen LogP contribution in [0.4, 0.5) is 0 Å². The number of carbonyl (C=O) groups excluding carboxylic acids is 1. The van der Waals surface area contributed by atoms with Crippen molar-refractivity contribution < 1.29 is 4.79 Å². The third-order valence-electron chi connectivity index (χ3n) is 4.89. The minimum Gasteiger partial charge on any atom is -0.369 e.